The topological polar surface area (TPSA) is 23.3 Å². The molecule has 0 aliphatic heterocycles. The lowest BCUT2D eigenvalue weighted by molar-refractivity contribution is -0.666. The van der Waals surface area contributed by atoms with E-state index in [1.54, 1.807) is 58.8 Å². The van der Waals surface area contributed by atoms with Crippen molar-refractivity contribution in [3.63, 3.8) is 0 Å². The molecule has 6 heteroatoms. The molecule has 0 amide bonds. The van der Waals surface area contributed by atoms with Crippen molar-refractivity contribution in [3.8, 4) is 67.5 Å². The Morgan fingerprint density at radius 1 is 0.240 bits per heavy atom. The van der Waals surface area contributed by atoms with Crippen LogP contribution >= 0.6 is 0 Å². The fourth-order valence-corrected chi connectivity index (χ4v) is 12.1. The lowest BCUT2D eigenvalue weighted by Gasteiger charge is -2.08. The summed E-state index contributed by atoms with van der Waals surface area (Å²) in [4.78, 5) is 0. The van der Waals surface area contributed by atoms with Gasteiger partial charge < -0.3 is 0 Å². The quantitative estimate of drug-likeness (QED) is 0.148. The highest BCUT2D eigenvalue weighted by atomic mass is 15.0. The maximum absolute atomic E-state index is 7.64. The Bertz CT molecular complexity index is 4950. The summed E-state index contributed by atoms with van der Waals surface area (Å²) in [6, 6.07) is 65.7. The van der Waals surface area contributed by atoms with Crippen LogP contribution in [0.4, 0.5) is 0 Å². The molecule has 0 N–H and O–H groups in total. The van der Waals surface area contributed by atoms with E-state index in [1.807, 2.05) is 58.2 Å². The highest BCUT2D eigenvalue weighted by Crippen LogP contribution is 2.28. The summed E-state index contributed by atoms with van der Waals surface area (Å²) in [6.07, 6.45) is 8.04. The molecule has 96 heavy (non-hydrogen) atoms. The first kappa shape index (κ1) is 61.1. The highest BCUT2D eigenvalue weighted by molar-refractivity contribution is 5.67. The lowest BCUT2D eigenvalue weighted by Crippen LogP contribution is -2.34. The minimum atomic E-state index is -2.14. The third-order valence-corrected chi connectivity index (χ3v) is 17.8. The number of aromatic nitrogens is 6. The molecule has 492 valence electrons. The van der Waals surface area contributed by atoms with Crippen molar-refractivity contribution >= 4 is 0 Å². The van der Waals surface area contributed by atoms with Crippen molar-refractivity contribution < 1.29 is 39.7 Å². The average molecular weight is 1280 g/mol. The third kappa shape index (κ3) is 19.2. The zero-order valence-electron chi connectivity index (χ0n) is 70.0. The predicted octanol–water partition coefficient (Wildman–Crippen LogP) is 18.6. The van der Waals surface area contributed by atoms with Crippen LogP contribution in [0.25, 0.3) is 67.5 Å². The van der Waals surface area contributed by atoms with Crippen molar-refractivity contribution in [2.75, 3.05) is 0 Å². The normalized spacial score (nSPS) is 12.3. The Morgan fingerprint density at radius 2 is 0.615 bits per heavy atom. The number of nitrogens with zero attached hydrogens (tertiary/aromatic N) is 6. The lowest BCUT2D eigenvalue weighted by atomic mass is 9.99. The van der Waals surface area contributed by atoms with E-state index in [0.29, 0.717) is 11.3 Å². The van der Waals surface area contributed by atoms with Gasteiger partial charge in [-0.25, -0.2) is 18.3 Å². The van der Waals surface area contributed by atoms with Crippen LogP contribution in [0, 0.1) is 124 Å². The van der Waals surface area contributed by atoms with Gasteiger partial charge in [0.2, 0.25) is 34.2 Å². The standard InChI is InChI=1S/6C15H18N/c2*1-11-5-7-14(13(3)9-11)15-8-6-12(2)10-16(15)4;1-11-5-7-13(3)14(9-11)15-8-6-12(2)10-16(15)4;2*1-11-9-13(3)16(4)15(10-11)14-8-6-5-7-12(14)2;1-11-9-10-16(4)15(13(11)3)14-8-6-5-7-12(14)2/h6*5-10H,1-4H3/q6*+1/i1D3,2D3;;;3D3;;. The van der Waals surface area contributed by atoms with Gasteiger partial charge in [0, 0.05) is 130 Å². The molecular weight excluding hydrogens is 1170 g/mol. The second-order valence-electron chi connectivity index (χ2n) is 26.0. The fourth-order valence-electron chi connectivity index (χ4n) is 12.1. The second kappa shape index (κ2) is 33.6. The first-order valence-corrected chi connectivity index (χ1v) is 33.0. The van der Waals surface area contributed by atoms with Crippen LogP contribution in [-0.2, 0) is 42.3 Å². The molecule has 6 nitrogen and oxygen atoms in total. The first-order chi connectivity index (χ1) is 49.2. The van der Waals surface area contributed by atoms with E-state index < -0.39 is 20.6 Å². The zero-order valence-corrected chi connectivity index (χ0v) is 61.0. The second-order valence-corrected chi connectivity index (χ2v) is 26.0. The Hall–Kier alpha value is -9.78. The van der Waals surface area contributed by atoms with E-state index in [9.17, 15) is 0 Å². The summed E-state index contributed by atoms with van der Waals surface area (Å²) in [5.74, 6) is 0. The number of rotatable bonds is 6. The summed E-state index contributed by atoms with van der Waals surface area (Å²) in [5.41, 5.74) is 33.8. The molecule has 12 rings (SSSR count). The molecule has 0 spiro atoms. The zero-order chi connectivity index (χ0) is 77.7. The molecule has 0 bridgehead atoms. The summed E-state index contributed by atoms with van der Waals surface area (Å²) in [5, 5.41) is 0. The number of hydrogen-bond donors (Lipinski definition) is 0. The van der Waals surface area contributed by atoms with E-state index in [2.05, 4.69) is 276 Å². The van der Waals surface area contributed by atoms with Gasteiger partial charge in [-0.1, -0.05) is 108 Å². The average Bonchev–Trinajstić information content (AvgIpc) is 0.946. The molecule has 6 aromatic heterocycles. The van der Waals surface area contributed by atoms with Crippen molar-refractivity contribution in [1.82, 2.24) is 0 Å². The third-order valence-electron chi connectivity index (χ3n) is 17.8. The summed E-state index contributed by atoms with van der Waals surface area (Å²) in [6.45, 7) is 25.2. The maximum atomic E-state index is 7.64. The molecule has 0 saturated carbocycles. The van der Waals surface area contributed by atoms with Gasteiger partial charge in [-0.15, -0.1) is 0 Å². The van der Waals surface area contributed by atoms with Gasteiger partial charge in [0.05, 0.1) is 0 Å². The Balaban J connectivity index is 0.000000177. The van der Waals surface area contributed by atoms with Crippen LogP contribution in [-0.4, -0.2) is 0 Å². The molecule has 0 saturated heterocycles. The Morgan fingerprint density at radius 3 is 1.08 bits per heavy atom. The minimum absolute atomic E-state index is 0.274. The smallest absolute Gasteiger partial charge is 0.201 e. The summed E-state index contributed by atoms with van der Waals surface area (Å²) < 4.78 is 79.9. The molecule has 6 heterocycles. The van der Waals surface area contributed by atoms with Crippen LogP contribution in [0.2, 0.25) is 0 Å². The SMILES string of the molecule is Cc1cc(C)[n+](C)c(-c2ccccc2C)c1.Cc1ccc(-c2ccc(C)c[n+]2C)c(C)c1.Cc1ccc(C)c(-c2ccc(C)c[n+]2C)c1.Cc1ccccc1-c1c(C)c(C)cc[n+]1C.[2H]C([2H])([2H])c1cc(C)cc(-c2ccccc2C)[n+]1C.[2H]C([2H])([2H])c1ccc(-c2ccc(C([2H])([2H])[2H])c[n+]2C)c(C)c1. The molecule has 0 aliphatic carbocycles. The van der Waals surface area contributed by atoms with E-state index in [1.165, 1.54) is 112 Å². The number of benzene rings is 6. The Labute approximate surface area is 590 Å². The number of aryl methyl sites for hydroxylation is 21. The van der Waals surface area contributed by atoms with Crippen molar-refractivity contribution in [3.05, 3.63) is 319 Å². The monoisotopic (exact) mass is 1280 g/mol. The van der Waals surface area contributed by atoms with Crippen LogP contribution in [0.3, 0.4) is 0 Å². The van der Waals surface area contributed by atoms with Gasteiger partial charge in [-0.3, -0.25) is 0 Å². The van der Waals surface area contributed by atoms with E-state index in [4.69, 9.17) is 12.3 Å². The van der Waals surface area contributed by atoms with Crippen LogP contribution < -0.4 is 27.4 Å². The van der Waals surface area contributed by atoms with E-state index >= 15 is 0 Å². The molecular formula is C90H108N6+6. The van der Waals surface area contributed by atoms with Gasteiger partial charge in [0.15, 0.2) is 36.2 Å². The van der Waals surface area contributed by atoms with Gasteiger partial charge in [0.25, 0.3) is 0 Å². The summed E-state index contributed by atoms with van der Waals surface area (Å²) in [7, 11) is 12.0. The van der Waals surface area contributed by atoms with E-state index in [0.717, 1.165) is 39.2 Å². The minimum Gasteiger partial charge on any atom is -0.201 e. The first-order valence-electron chi connectivity index (χ1n) is 37.5. The van der Waals surface area contributed by atoms with Gasteiger partial charge in [-0.2, -0.15) is 9.13 Å². The number of hydrogen-bond acceptors (Lipinski definition) is 0. The van der Waals surface area contributed by atoms with Crippen molar-refractivity contribution in [2.45, 2.75) is 124 Å². The molecule has 0 atom stereocenters. The Kier molecular flexibility index (Phi) is 21.4. The van der Waals surface area contributed by atoms with Crippen LogP contribution in [0.5, 0.6) is 0 Å². The molecule has 0 aliphatic rings. The van der Waals surface area contributed by atoms with Crippen molar-refractivity contribution in [1.29, 1.82) is 0 Å². The predicted molar refractivity (Wildman–Crippen MR) is 404 cm³/mol. The largest absolute Gasteiger partial charge is 0.215 e. The van der Waals surface area contributed by atoms with Gasteiger partial charge >= 0.3 is 0 Å². The molecule has 0 fully saturated rings. The van der Waals surface area contributed by atoms with Crippen molar-refractivity contribution in [2.24, 2.45) is 42.3 Å². The fraction of sp³-hybridized carbons (Fsp3) is 0.267. The highest BCUT2D eigenvalue weighted by Gasteiger charge is 2.20. The maximum Gasteiger partial charge on any atom is 0.215 e. The number of pyridine rings is 6. The molecule has 0 radical (unpaired) electrons. The van der Waals surface area contributed by atoms with Gasteiger partial charge in [0.1, 0.15) is 42.3 Å². The van der Waals surface area contributed by atoms with E-state index in [-0.39, 0.29) is 5.56 Å². The molecule has 6 aromatic carbocycles. The van der Waals surface area contributed by atoms with Crippen LogP contribution in [0.1, 0.15) is 113 Å². The molecule has 12 aromatic rings. The molecule has 0 unspecified atom stereocenters. The summed E-state index contributed by atoms with van der Waals surface area (Å²) >= 11 is 0. The van der Waals surface area contributed by atoms with Crippen LogP contribution in [0.15, 0.2) is 219 Å². The van der Waals surface area contributed by atoms with Gasteiger partial charge in [-0.05, 0) is 215 Å².